The van der Waals surface area contributed by atoms with E-state index < -0.39 is 39.2 Å². The monoisotopic (exact) mass is 827 g/mol. The second-order valence-electron chi connectivity index (χ2n) is 15.4. The van der Waals surface area contributed by atoms with Crippen molar-refractivity contribution in [2.75, 3.05) is 33.0 Å². The number of rotatable bonds is 44. The van der Waals surface area contributed by atoms with Gasteiger partial charge in [0.05, 0.1) is 26.4 Å². The maximum atomic E-state index is 12.6. The van der Waals surface area contributed by atoms with Crippen molar-refractivity contribution in [2.45, 2.75) is 212 Å². The molecule has 57 heavy (non-hydrogen) atoms. The highest BCUT2D eigenvalue weighted by Crippen LogP contribution is 2.43. The number of carbonyl (C=O) groups is 1. The molecule has 0 aliphatic carbocycles. The van der Waals surface area contributed by atoms with E-state index in [9.17, 15) is 19.4 Å². The van der Waals surface area contributed by atoms with Crippen LogP contribution in [-0.2, 0) is 27.9 Å². The molecule has 0 saturated heterocycles. The largest absolute Gasteiger partial charge is 0.472 e. The predicted octanol–water partition coefficient (Wildman–Crippen LogP) is 13.0. The average molecular weight is 827 g/mol. The van der Waals surface area contributed by atoms with Crippen molar-refractivity contribution in [3.8, 4) is 0 Å². The Balaban J connectivity index is 4.12. The van der Waals surface area contributed by atoms with Crippen LogP contribution in [0, 0.1) is 0 Å². The molecule has 334 valence electrons. The van der Waals surface area contributed by atoms with Crippen molar-refractivity contribution >= 4 is 13.8 Å². The van der Waals surface area contributed by atoms with Crippen LogP contribution >= 0.6 is 7.82 Å². The van der Waals surface area contributed by atoms with Crippen molar-refractivity contribution in [3.63, 3.8) is 0 Å². The highest BCUT2D eigenvalue weighted by atomic mass is 31.2. The number of esters is 1. The minimum atomic E-state index is -4.52. The summed E-state index contributed by atoms with van der Waals surface area (Å²) in [5.74, 6) is -0.392. The molecule has 3 unspecified atom stereocenters. The maximum Gasteiger partial charge on any atom is 0.472 e. The van der Waals surface area contributed by atoms with Gasteiger partial charge in [-0.2, -0.15) is 0 Å². The lowest BCUT2D eigenvalue weighted by Gasteiger charge is -2.20. The summed E-state index contributed by atoms with van der Waals surface area (Å²) >= 11 is 0. The van der Waals surface area contributed by atoms with Crippen molar-refractivity contribution in [1.82, 2.24) is 0 Å². The van der Waals surface area contributed by atoms with Gasteiger partial charge in [-0.1, -0.05) is 165 Å². The van der Waals surface area contributed by atoms with Gasteiger partial charge in [0.25, 0.3) is 0 Å². The third kappa shape index (κ3) is 43.8. The summed E-state index contributed by atoms with van der Waals surface area (Å²) in [6, 6.07) is 0. The highest BCUT2D eigenvalue weighted by molar-refractivity contribution is 7.47. The molecular formula is C47H87O9P. The molecule has 10 heteroatoms. The zero-order valence-corrected chi connectivity index (χ0v) is 37.4. The van der Waals surface area contributed by atoms with Crippen molar-refractivity contribution in [2.24, 2.45) is 0 Å². The third-order valence-corrected chi connectivity index (χ3v) is 10.7. The van der Waals surface area contributed by atoms with Crippen molar-refractivity contribution in [1.29, 1.82) is 0 Å². The second-order valence-corrected chi connectivity index (χ2v) is 16.9. The molecule has 0 aliphatic heterocycles. The SMILES string of the molecule is CCCCC/C=C\CCCCCCCCOCC(COP(=O)(O)OCC(O)CO)OC(=O)CCCCCCCCCC/C=C\C/C=C\C/C=C\CCCCCCC. The Morgan fingerprint density at radius 3 is 1.47 bits per heavy atom. The van der Waals surface area contributed by atoms with E-state index in [0.717, 1.165) is 70.6 Å². The molecule has 9 nitrogen and oxygen atoms in total. The fourth-order valence-electron chi connectivity index (χ4n) is 6.18. The number of phosphoric acid groups is 1. The number of hydrogen-bond donors (Lipinski definition) is 3. The molecule has 0 aliphatic rings. The molecule has 0 rings (SSSR count). The molecule has 0 saturated carbocycles. The van der Waals surface area contributed by atoms with Crippen LogP contribution < -0.4 is 0 Å². The van der Waals surface area contributed by atoms with E-state index in [1.165, 1.54) is 109 Å². The van der Waals surface area contributed by atoms with E-state index in [1.807, 2.05) is 0 Å². The van der Waals surface area contributed by atoms with Crippen LogP contribution in [0.4, 0.5) is 0 Å². The van der Waals surface area contributed by atoms with Gasteiger partial charge < -0.3 is 24.6 Å². The van der Waals surface area contributed by atoms with E-state index in [1.54, 1.807) is 0 Å². The summed E-state index contributed by atoms with van der Waals surface area (Å²) in [6.45, 7) is 3.47. The number of carbonyl (C=O) groups excluding carboxylic acids is 1. The highest BCUT2D eigenvalue weighted by Gasteiger charge is 2.26. The number of aliphatic hydroxyl groups is 2. The van der Waals surface area contributed by atoms with Crippen LogP contribution in [0.1, 0.15) is 200 Å². The Morgan fingerprint density at radius 2 is 0.947 bits per heavy atom. The molecule has 0 aromatic carbocycles. The fourth-order valence-corrected chi connectivity index (χ4v) is 6.97. The van der Waals surface area contributed by atoms with Gasteiger partial charge in [-0.15, -0.1) is 0 Å². The maximum absolute atomic E-state index is 12.6. The number of phosphoric ester groups is 1. The summed E-state index contributed by atoms with van der Waals surface area (Å²) in [5.41, 5.74) is 0. The molecule has 3 N–H and O–H groups in total. The standard InChI is InChI=1S/C47H87O9P/c1-3-5-7-9-11-13-15-17-18-19-20-21-22-23-24-25-26-27-29-31-33-35-37-39-47(50)56-46(44-55-57(51,52)54-42-45(49)41-48)43-53-40-38-36-34-32-30-28-16-14-12-10-8-6-4-2/h12,14-15,17,19-20,22-23,45-46,48-49H,3-11,13,16,18,21,24-44H2,1-2H3,(H,51,52)/b14-12-,17-15-,20-19-,23-22-. The van der Waals surface area contributed by atoms with Gasteiger partial charge in [-0.3, -0.25) is 13.8 Å². The van der Waals surface area contributed by atoms with Gasteiger partial charge in [0.2, 0.25) is 0 Å². The van der Waals surface area contributed by atoms with Crippen LogP contribution in [-0.4, -0.2) is 66.3 Å². The summed E-state index contributed by atoms with van der Waals surface area (Å²) < 4.78 is 33.4. The molecule has 0 spiro atoms. The first-order chi connectivity index (χ1) is 27.8. The van der Waals surface area contributed by atoms with Gasteiger partial charge in [0.15, 0.2) is 0 Å². The Bertz CT molecular complexity index is 1030. The molecular weight excluding hydrogens is 739 g/mol. The molecule has 0 aromatic rings. The van der Waals surface area contributed by atoms with Crippen LogP contribution in [0.5, 0.6) is 0 Å². The van der Waals surface area contributed by atoms with Gasteiger partial charge >= 0.3 is 13.8 Å². The topological polar surface area (TPSA) is 132 Å². The van der Waals surface area contributed by atoms with Crippen LogP contribution in [0.2, 0.25) is 0 Å². The van der Waals surface area contributed by atoms with Gasteiger partial charge in [0, 0.05) is 13.0 Å². The van der Waals surface area contributed by atoms with E-state index >= 15 is 0 Å². The summed E-state index contributed by atoms with van der Waals surface area (Å²) in [4.78, 5) is 22.6. The molecule has 0 radical (unpaired) electrons. The van der Waals surface area contributed by atoms with Gasteiger partial charge in [-0.25, -0.2) is 4.57 Å². The zero-order valence-electron chi connectivity index (χ0n) is 36.6. The van der Waals surface area contributed by atoms with E-state index in [-0.39, 0.29) is 19.6 Å². The lowest BCUT2D eigenvalue weighted by Crippen LogP contribution is -2.29. The normalized spacial score (nSPS) is 14.4. The van der Waals surface area contributed by atoms with Crippen molar-refractivity contribution in [3.05, 3.63) is 48.6 Å². The number of unbranched alkanes of at least 4 members (excludes halogenated alkanes) is 22. The Kier molecular flexibility index (Phi) is 42.8. The predicted molar refractivity (Wildman–Crippen MR) is 237 cm³/mol. The quantitative estimate of drug-likeness (QED) is 0.0238. The second kappa shape index (κ2) is 44.0. The van der Waals surface area contributed by atoms with Crippen LogP contribution in [0.25, 0.3) is 0 Å². The van der Waals surface area contributed by atoms with Gasteiger partial charge in [0.1, 0.15) is 12.2 Å². The van der Waals surface area contributed by atoms with E-state index in [2.05, 4.69) is 62.5 Å². The molecule has 0 bridgehead atoms. The minimum Gasteiger partial charge on any atom is -0.457 e. The lowest BCUT2D eigenvalue weighted by atomic mass is 10.1. The number of ether oxygens (including phenoxy) is 2. The minimum absolute atomic E-state index is 0.0413. The average Bonchev–Trinajstić information content (AvgIpc) is 3.20. The Morgan fingerprint density at radius 1 is 0.544 bits per heavy atom. The first kappa shape index (κ1) is 55.4. The molecule has 0 amide bonds. The van der Waals surface area contributed by atoms with Gasteiger partial charge in [-0.05, 0) is 77.0 Å². The smallest absolute Gasteiger partial charge is 0.457 e. The third-order valence-electron chi connectivity index (χ3n) is 9.74. The fraction of sp³-hybridized carbons (Fsp3) is 0.809. The summed E-state index contributed by atoms with van der Waals surface area (Å²) in [5, 5.41) is 18.4. The number of allylic oxidation sites excluding steroid dienone is 8. The molecule has 0 heterocycles. The summed E-state index contributed by atoms with van der Waals surface area (Å²) in [7, 11) is -4.52. The number of aliphatic hydroxyl groups excluding tert-OH is 2. The van der Waals surface area contributed by atoms with Crippen molar-refractivity contribution < 1.29 is 43.0 Å². The zero-order chi connectivity index (χ0) is 41.8. The van der Waals surface area contributed by atoms with Crippen LogP contribution in [0.3, 0.4) is 0 Å². The van der Waals surface area contributed by atoms with E-state index in [0.29, 0.717) is 6.61 Å². The molecule has 0 aromatic heterocycles. The first-order valence-corrected chi connectivity index (χ1v) is 24.6. The molecule has 0 fully saturated rings. The molecule has 3 atom stereocenters. The van der Waals surface area contributed by atoms with E-state index in [4.69, 9.17) is 23.6 Å². The number of hydrogen-bond acceptors (Lipinski definition) is 8. The Labute approximate surface area is 349 Å². The summed E-state index contributed by atoms with van der Waals surface area (Å²) in [6.07, 6.45) is 49.2. The lowest BCUT2D eigenvalue weighted by molar-refractivity contribution is -0.154. The van der Waals surface area contributed by atoms with Crippen LogP contribution in [0.15, 0.2) is 48.6 Å². The first-order valence-electron chi connectivity index (χ1n) is 23.1. The Hall–Kier alpha value is -1.58.